The molecular formula is C35H63N3O6. The second-order valence-corrected chi connectivity index (χ2v) is 14.2. The van der Waals surface area contributed by atoms with Crippen LogP contribution in [0.1, 0.15) is 86.6 Å². The van der Waals surface area contributed by atoms with E-state index in [1.807, 2.05) is 53.7 Å². The third-order valence-electron chi connectivity index (χ3n) is 8.22. The number of nitrogens with two attached hydrogens (primary N) is 1. The zero-order valence-corrected chi connectivity index (χ0v) is 29.2. The van der Waals surface area contributed by atoms with Gasteiger partial charge in [-0.1, -0.05) is 61.5 Å². The van der Waals surface area contributed by atoms with Gasteiger partial charge in [-0.25, -0.2) is 0 Å². The molecule has 1 aromatic rings. The summed E-state index contributed by atoms with van der Waals surface area (Å²) >= 11 is 0. The molecule has 0 heterocycles. The molecule has 0 saturated carbocycles. The molecule has 0 fully saturated rings. The van der Waals surface area contributed by atoms with Crippen LogP contribution in [-0.4, -0.2) is 69.6 Å². The average molecular weight is 622 g/mol. The van der Waals surface area contributed by atoms with Crippen LogP contribution in [0, 0.1) is 35.0 Å². The van der Waals surface area contributed by atoms with Gasteiger partial charge < -0.3 is 35.7 Å². The first-order valence-electron chi connectivity index (χ1n) is 16.4. The summed E-state index contributed by atoms with van der Waals surface area (Å²) in [5.74, 6) is 1.86. The average Bonchev–Trinajstić information content (AvgIpc) is 2.95. The number of amides is 2. The van der Waals surface area contributed by atoms with Crippen LogP contribution in [0.2, 0.25) is 0 Å². The number of methoxy groups -OCH3 is 2. The molecule has 254 valence electrons. The van der Waals surface area contributed by atoms with Crippen LogP contribution in [0.3, 0.4) is 0 Å². The largest absolute Gasteiger partial charge is 0.493 e. The van der Waals surface area contributed by atoms with Crippen molar-refractivity contribution in [2.24, 2.45) is 40.7 Å². The van der Waals surface area contributed by atoms with Crippen molar-refractivity contribution in [3.05, 3.63) is 23.8 Å². The maximum Gasteiger partial charge on any atom is 0.223 e. The van der Waals surface area contributed by atoms with Gasteiger partial charge in [0, 0.05) is 51.6 Å². The van der Waals surface area contributed by atoms with Crippen LogP contribution < -0.4 is 25.8 Å². The van der Waals surface area contributed by atoms with Gasteiger partial charge in [-0.2, -0.15) is 0 Å². The predicted octanol–water partition coefficient (Wildman–Crippen LogP) is 4.97. The van der Waals surface area contributed by atoms with E-state index >= 15 is 0 Å². The van der Waals surface area contributed by atoms with Crippen molar-refractivity contribution in [2.75, 3.05) is 40.5 Å². The van der Waals surface area contributed by atoms with E-state index < -0.39 is 12.1 Å². The number of benzene rings is 1. The van der Waals surface area contributed by atoms with Gasteiger partial charge in [0.05, 0.1) is 19.8 Å². The Labute approximate surface area is 267 Å². The molecule has 0 bridgehead atoms. The Morgan fingerprint density at radius 3 is 2.16 bits per heavy atom. The molecule has 0 aliphatic rings. The highest BCUT2D eigenvalue weighted by Crippen LogP contribution is 2.32. The molecule has 0 saturated heterocycles. The van der Waals surface area contributed by atoms with Crippen LogP contribution in [0.25, 0.3) is 0 Å². The molecule has 2 amide bonds. The minimum atomic E-state index is -0.812. The molecule has 0 spiro atoms. The van der Waals surface area contributed by atoms with Gasteiger partial charge in [-0.3, -0.25) is 9.59 Å². The highest BCUT2D eigenvalue weighted by molar-refractivity contribution is 5.79. The van der Waals surface area contributed by atoms with E-state index in [9.17, 15) is 14.7 Å². The lowest BCUT2D eigenvalue weighted by Gasteiger charge is -2.31. The van der Waals surface area contributed by atoms with Crippen LogP contribution in [0.15, 0.2) is 18.2 Å². The second-order valence-electron chi connectivity index (χ2n) is 14.2. The number of carbonyl (C=O) groups is 2. The molecule has 0 unspecified atom stereocenters. The lowest BCUT2D eigenvalue weighted by atomic mass is 9.80. The number of aliphatic hydroxyl groups is 1. The molecule has 0 aliphatic carbocycles. The molecule has 1 aromatic carbocycles. The number of aliphatic hydroxyl groups excluding tert-OH is 1. The molecule has 0 aliphatic heterocycles. The molecule has 9 heteroatoms. The van der Waals surface area contributed by atoms with Crippen molar-refractivity contribution < 1.29 is 28.9 Å². The summed E-state index contributed by atoms with van der Waals surface area (Å²) in [6.07, 6.45) is 2.17. The molecule has 1 rings (SSSR count). The monoisotopic (exact) mass is 621 g/mol. The number of hydrogen-bond donors (Lipinski definition) is 4. The van der Waals surface area contributed by atoms with E-state index in [0.717, 1.165) is 18.4 Å². The fourth-order valence-corrected chi connectivity index (χ4v) is 5.16. The first kappa shape index (κ1) is 39.7. The van der Waals surface area contributed by atoms with Gasteiger partial charge in [0.1, 0.15) is 0 Å². The zero-order valence-electron chi connectivity index (χ0n) is 29.2. The van der Waals surface area contributed by atoms with Crippen molar-refractivity contribution in [3.63, 3.8) is 0 Å². The summed E-state index contributed by atoms with van der Waals surface area (Å²) < 4.78 is 16.6. The van der Waals surface area contributed by atoms with E-state index in [1.54, 1.807) is 14.2 Å². The van der Waals surface area contributed by atoms with Gasteiger partial charge in [-0.15, -0.1) is 0 Å². The Bertz CT molecular complexity index is 981. The van der Waals surface area contributed by atoms with Crippen molar-refractivity contribution in [1.29, 1.82) is 0 Å². The van der Waals surface area contributed by atoms with Crippen molar-refractivity contribution in [3.8, 4) is 11.5 Å². The summed E-state index contributed by atoms with van der Waals surface area (Å²) in [6, 6.07) is 5.54. The maximum atomic E-state index is 13.3. The topological polar surface area (TPSA) is 132 Å². The SMILES string of the molecule is COCCCOc1cc(C[C@@H](C[C@H](N)[C@@H](O)C[C@H](C(=O)NCC(C)(C)CNC(=O)CC(C)C)C(C)C)C(C)C)ccc1OC. The minimum Gasteiger partial charge on any atom is -0.493 e. The Kier molecular flexibility index (Phi) is 17.9. The van der Waals surface area contributed by atoms with Gasteiger partial charge in [0.15, 0.2) is 11.5 Å². The summed E-state index contributed by atoms with van der Waals surface area (Å²) in [5, 5.41) is 17.2. The van der Waals surface area contributed by atoms with Gasteiger partial charge >= 0.3 is 0 Å². The summed E-state index contributed by atoms with van der Waals surface area (Å²) in [7, 11) is 3.31. The van der Waals surface area contributed by atoms with Gasteiger partial charge in [-0.05, 0) is 66.0 Å². The van der Waals surface area contributed by atoms with Crippen molar-refractivity contribution in [2.45, 2.75) is 99.6 Å². The highest BCUT2D eigenvalue weighted by Gasteiger charge is 2.31. The molecule has 44 heavy (non-hydrogen) atoms. The van der Waals surface area contributed by atoms with E-state index in [2.05, 4.69) is 30.5 Å². The van der Waals surface area contributed by atoms with Crippen LogP contribution in [-0.2, 0) is 20.7 Å². The number of rotatable bonds is 22. The molecule has 0 aromatic heterocycles. The fraction of sp³-hybridized carbons (Fsp3) is 0.771. The van der Waals surface area contributed by atoms with Crippen LogP contribution in [0.5, 0.6) is 11.5 Å². The zero-order chi connectivity index (χ0) is 33.4. The quantitative estimate of drug-likeness (QED) is 0.134. The van der Waals surface area contributed by atoms with E-state index in [1.165, 1.54) is 0 Å². The number of hydrogen-bond acceptors (Lipinski definition) is 7. The maximum absolute atomic E-state index is 13.3. The minimum absolute atomic E-state index is 0.0231. The lowest BCUT2D eigenvalue weighted by molar-refractivity contribution is -0.128. The second kappa shape index (κ2) is 19.9. The normalized spacial score (nSPS) is 14.8. The van der Waals surface area contributed by atoms with E-state index in [-0.39, 0.29) is 35.0 Å². The molecule has 5 N–H and O–H groups in total. The smallest absolute Gasteiger partial charge is 0.223 e. The lowest BCUT2D eigenvalue weighted by Crippen LogP contribution is -2.46. The Hall–Kier alpha value is -2.36. The fourth-order valence-electron chi connectivity index (χ4n) is 5.16. The molecular weight excluding hydrogens is 558 g/mol. The molecule has 4 atom stereocenters. The third kappa shape index (κ3) is 15.1. The van der Waals surface area contributed by atoms with Gasteiger partial charge in [0.25, 0.3) is 0 Å². The number of ether oxygens (including phenoxy) is 3. The van der Waals surface area contributed by atoms with Crippen molar-refractivity contribution in [1.82, 2.24) is 10.6 Å². The Morgan fingerprint density at radius 1 is 0.932 bits per heavy atom. The summed E-state index contributed by atoms with van der Waals surface area (Å²) in [5.41, 5.74) is 7.41. The number of nitrogens with one attached hydrogen (secondary N) is 2. The van der Waals surface area contributed by atoms with Gasteiger partial charge in [0.2, 0.25) is 11.8 Å². The third-order valence-corrected chi connectivity index (χ3v) is 8.22. The standard InChI is InChI=1S/C35H63N3O6/c1-23(2)16-33(40)37-21-35(7,8)22-38-34(41)28(25(5)6)20-30(39)29(36)19-27(24(3)4)17-26-12-13-31(43-10)32(18-26)44-15-11-14-42-9/h12-13,18,23-25,27-30,39H,11,14-17,19-22,36H2,1-10H3,(H,37,40)(H,38,41)/t27-,28-,29-,30-/m0/s1. The summed E-state index contributed by atoms with van der Waals surface area (Å²) in [4.78, 5) is 25.3. The predicted molar refractivity (Wildman–Crippen MR) is 178 cm³/mol. The number of carbonyl (C=O) groups excluding carboxylic acids is 2. The highest BCUT2D eigenvalue weighted by atomic mass is 16.5. The molecule has 9 nitrogen and oxygen atoms in total. The van der Waals surface area contributed by atoms with Crippen molar-refractivity contribution >= 4 is 11.8 Å². The summed E-state index contributed by atoms with van der Waals surface area (Å²) in [6.45, 7) is 18.5. The van der Waals surface area contributed by atoms with Crippen LogP contribution >= 0.6 is 0 Å². The first-order valence-corrected chi connectivity index (χ1v) is 16.4. The first-order chi connectivity index (χ1) is 20.6. The van der Waals surface area contributed by atoms with E-state index in [4.69, 9.17) is 19.9 Å². The molecule has 0 radical (unpaired) electrons. The van der Waals surface area contributed by atoms with E-state index in [0.29, 0.717) is 68.9 Å². The Balaban J connectivity index is 2.80. The Morgan fingerprint density at radius 2 is 1.59 bits per heavy atom. The van der Waals surface area contributed by atoms with Crippen LogP contribution in [0.4, 0.5) is 0 Å².